The van der Waals surface area contributed by atoms with Gasteiger partial charge in [-0.3, -0.25) is 13.9 Å². The lowest BCUT2D eigenvalue weighted by atomic mass is 9.93. The molecule has 2 heterocycles. The molecular formula is C34H33Cl3F2N4O6S2. The predicted octanol–water partition coefficient (Wildman–Crippen LogP) is 6.94. The molecule has 0 saturated heterocycles. The van der Waals surface area contributed by atoms with Gasteiger partial charge < -0.3 is 16.0 Å². The van der Waals surface area contributed by atoms with E-state index in [0.717, 1.165) is 35.4 Å². The third kappa shape index (κ3) is 11.8. The van der Waals surface area contributed by atoms with Crippen LogP contribution < -0.4 is 20.3 Å². The van der Waals surface area contributed by atoms with Crippen molar-refractivity contribution in [3.63, 3.8) is 0 Å². The lowest BCUT2D eigenvalue weighted by molar-refractivity contribution is -0.120. The summed E-state index contributed by atoms with van der Waals surface area (Å²) in [5.41, 5.74) is 4.25. The number of benzene rings is 4. The molecule has 0 aromatic heterocycles. The number of anilines is 4. The van der Waals surface area contributed by atoms with Crippen molar-refractivity contribution in [2.45, 2.75) is 12.8 Å². The van der Waals surface area contributed by atoms with E-state index in [-0.39, 0.29) is 40.0 Å². The summed E-state index contributed by atoms with van der Waals surface area (Å²) < 4.78 is 71.1. The Kier molecular flexibility index (Phi) is 13.3. The molecule has 2 aliphatic rings. The van der Waals surface area contributed by atoms with Crippen molar-refractivity contribution in [1.82, 2.24) is 0 Å². The minimum atomic E-state index is -3.52. The second-order valence-electron chi connectivity index (χ2n) is 11.7. The quantitative estimate of drug-likeness (QED) is 0.186. The second kappa shape index (κ2) is 17.0. The van der Waals surface area contributed by atoms with Crippen molar-refractivity contribution in [1.29, 1.82) is 0 Å². The fraction of sp³-hybridized carbons (Fsp3) is 0.235. The van der Waals surface area contributed by atoms with Crippen LogP contribution in [0.4, 0.5) is 31.5 Å². The minimum Gasteiger partial charge on any atom is -0.384 e. The van der Waals surface area contributed by atoms with E-state index in [0.29, 0.717) is 30.8 Å². The molecule has 17 heteroatoms. The van der Waals surface area contributed by atoms with Crippen LogP contribution in [0, 0.1) is 23.5 Å². The summed E-state index contributed by atoms with van der Waals surface area (Å²) in [6.45, 7) is 0.608. The summed E-state index contributed by atoms with van der Waals surface area (Å²) in [6, 6.07) is 23.2. The Bertz CT molecular complexity index is 2130. The Hall–Kier alpha value is -3.95. The number of amides is 2. The van der Waals surface area contributed by atoms with Gasteiger partial charge in [0.2, 0.25) is 30.9 Å². The van der Waals surface area contributed by atoms with E-state index in [9.17, 15) is 35.2 Å². The number of fused-ring (bicyclic) bond motifs is 2. The highest BCUT2D eigenvalue weighted by Gasteiger charge is 2.33. The maximum absolute atomic E-state index is 13.5. The largest absolute Gasteiger partial charge is 0.384 e. The number of carbonyl (C=O) groups excluding carboxylic acids is 2. The fourth-order valence-corrected chi connectivity index (χ4v) is 6.53. The number of carbonyl (C=O) groups is 2. The molecule has 10 nitrogen and oxygen atoms in total. The molecule has 0 saturated carbocycles. The van der Waals surface area contributed by atoms with Gasteiger partial charge in [-0.25, -0.2) is 25.6 Å². The lowest BCUT2D eigenvalue weighted by Crippen LogP contribution is -2.43. The highest BCUT2D eigenvalue weighted by Crippen LogP contribution is 2.32. The molecule has 4 aromatic rings. The van der Waals surface area contributed by atoms with Gasteiger partial charge in [0.05, 0.1) is 40.1 Å². The number of hydrogen-bond donors (Lipinski definition) is 3. The summed E-state index contributed by atoms with van der Waals surface area (Å²) in [4.78, 5) is 24.8. The molecule has 51 heavy (non-hydrogen) atoms. The zero-order chi connectivity index (χ0) is 37.5. The highest BCUT2D eigenvalue weighted by atomic mass is 35.7. The first kappa shape index (κ1) is 39.8. The molecule has 272 valence electrons. The van der Waals surface area contributed by atoms with Crippen LogP contribution in [0.15, 0.2) is 84.9 Å². The highest BCUT2D eigenvalue weighted by molar-refractivity contribution is 8.13. The fourth-order valence-electron chi connectivity index (χ4n) is 5.31. The molecule has 0 bridgehead atoms. The van der Waals surface area contributed by atoms with E-state index in [2.05, 4.69) is 26.6 Å². The van der Waals surface area contributed by atoms with E-state index in [1.807, 2.05) is 24.3 Å². The maximum atomic E-state index is 13.5. The first-order chi connectivity index (χ1) is 23.9. The van der Waals surface area contributed by atoms with Crippen LogP contribution in [0.1, 0.15) is 11.1 Å². The third-order valence-electron chi connectivity index (χ3n) is 7.65. The Balaban J connectivity index is 0.000000204. The van der Waals surface area contributed by atoms with E-state index in [1.165, 1.54) is 28.6 Å². The van der Waals surface area contributed by atoms with Gasteiger partial charge in [-0.2, -0.15) is 0 Å². The topological polar surface area (TPSA) is 142 Å². The summed E-state index contributed by atoms with van der Waals surface area (Å²) >= 11 is 11.3. The van der Waals surface area contributed by atoms with E-state index < -0.39 is 36.6 Å². The average Bonchev–Trinajstić information content (AvgIpc) is 3.06. The smallest absolute Gasteiger partial charge is 0.232 e. The summed E-state index contributed by atoms with van der Waals surface area (Å²) in [5, 5.41) is 8.61. The standard InChI is InChI=1S/C17H16ClFN2O3S.C16H14ClFN2O.CH3ClO2S/c1-25(23,24)21-10-12(8-11-4-2-3-5-16(11)21)17(22)20-13-6-7-14(18)15(19)9-13;17-13-6-5-12(8-14(13)18)20-16(21)11-7-10-3-1-2-4-15(10)19-9-11;1-5(2,3)4/h2-7,9,12H,8,10H2,1H3,(H,20,22);1-6,8,11,19H,7,9H2,(H,20,21);1H3. The van der Waals surface area contributed by atoms with Crippen LogP contribution in [-0.4, -0.2) is 54.3 Å². The molecule has 0 radical (unpaired) electrons. The Labute approximate surface area is 309 Å². The summed E-state index contributed by atoms with van der Waals surface area (Å²) in [6.07, 6.45) is 3.11. The lowest BCUT2D eigenvalue weighted by Gasteiger charge is -2.33. The van der Waals surface area contributed by atoms with Gasteiger partial charge in [-0.05, 0) is 72.5 Å². The Morgan fingerprint density at radius 1 is 0.745 bits per heavy atom. The molecule has 0 fully saturated rings. The van der Waals surface area contributed by atoms with Gasteiger partial charge in [-0.15, -0.1) is 0 Å². The van der Waals surface area contributed by atoms with Crippen molar-refractivity contribution in [3.05, 3.63) is 118 Å². The van der Waals surface area contributed by atoms with Gasteiger partial charge in [0, 0.05) is 40.8 Å². The molecule has 2 atom stereocenters. The van der Waals surface area contributed by atoms with Crippen molar-refractivity contribution in [2.24, 2.45) is 11.8 Å². The number of sulfonamides is 1. The molecule has 3 N–H and O–H groups in total. The molecule has 2 amide bonds. The first-order valence-electron chi connectivity index (χ1n) is 15.2. The van der Waals surface area contributed by atoms with Crippen LogP contribution in [-0.2, 0) is 41.5 Å². The molecule has 4 aromatic carbocycles. The first-order valence-corrected chi connectivity index (χ1v) is 20.5. The maximum Gasteiger partial charge on any atom is 0.232 e. The van der Waals surface area contributed by atoms with Crippen molar-refractivity contribution in [3.8, 4) is 0 Å². The number of halogens is 5. The van der Waals surface area contributed by atoms with Gasteiger partial charge in [0.25, 0.3) is 0 Å². The van der Waals surface area contributed by atoms with E-state index in [4.69, 9.17) is 23.2 Å². The zero-order valence-corrected chi connectivity index (χ0v) is 31.1. The van der Waals surface area contributed by atoms with Gasteiger partial charge >= 0.3 is 0 Å². The number of hydrogen-bond acceptors (Lipinski definition) is 7. The number of nitrogens with zero attached hydrogens (tertiary/aromatic N) is 1. The second-order valence-corrected chi connectivity index (χ2v) is 17.4. The van der Waals surface area contributed by atoms with Crippen LogP contribution in [0.2, 0.25) is 10.0 Å². The zero-order valence-electron chi connectivity index (χ0n) is 27.2. The summed E-state index contributed by atoms with van der Waals surface area (Å²) in [7, 11) is -2.21. The summed E-state index contributed by atoms with van der Waals surface area (Å²) in [5.74, 6) is -2.43. The van der Waals surface area contributed by atoms with Gasteiger partial charge in [-0.1, -0.05) is 59.6 Å². The number of nitrogens with one attached hydrogen (secondary N) is 3. The molecule has 0 aliphatic carbocycles. The van der Waals surface area contributed by atoms with E-state index >= 15 is 0 Å². The Morgan fingerprint density at radius 3 is 1.75 bits per heavy atom. The SMILES string of the molecule is CS(=O)(=O)Cl.CS(=O)(=O)N1CC(C(=O)Nc2ccc(Cl)c(F)c2)Cc2ccccc21.O=C(Nc1ccc(Cl)c(F)c1)C1CNc2ccccc2C1. The minimum absolute atomic E-state index is 0.0344. The molecule has 6 rings (SSSR count). The number of rotatable bonds is 5. The van der Waals surface area contributed by atoms with Crippen LogP contribution in [0.3, 0.4) is 0 Å². The Morgan fingerprint density at radius 2 is 1.22 bits per heavy atom. The van der Waals surface area contributed by atoms with E-state index in [1.54, 1.807) is 30.3 Å². The third-order valence-corrected chi connectivity index (χ3v) is 9.41. The van der Waals surface area contributed by atoms with Crippen molar-refractivity contribution in [2.75, 3.05) is 45.9 Å². The monoisotopic (exact) mass is 800 g/mol. The van der Waals surface area contributed by atoms with Crippen LogP contribution in [0.5, 0.6) is 0 Å². The van der Waals surface area contributed by atoms with Crippen LogP contribution in [0.25, 0.3) is 0 Å². The van der Waals surface area contributed by atoms with Gasteiger partial charge in [0.15, 0.2) is 0 Å². The molecule has 2 aliphatic heterocycles. The molecular weight excluding hydrogens is 769 g/mol. The van der Waals surface area contributed by atoms with Gasteiger partial charge in [0.1, 0.15) is 11.6 Å². The van der Waals surface area contributed by atoms with Crippen molar-refractivity contribution >= 4 is 87.5 Å². The molecule has 0 spiro atoms. The average molecular weight is 802 g/mol. The predicted molar refractivity (Wildman–Crippen MR) is 199 cm³/mol. The van der Waals surface area contributed by atoms with Crippen LogP contribution >= 0.6 is 33.9 Å². The normalized spacial score (nSPS) is 16.4. The number of para-hydroxylation sites is 2. The van der Waals surface area contributed by atoms with Crippen molar-refractivity contribution < 1.29 is 35.2 Å². The molecule has 2 unspecified atom stereocenters.